The molecule has 1 aliphatic heterocycles. The molecule has 7 heteroatoms. The predicted molar refractivity (Wildman–Crippen MR) is 96.3 cm³/mol. The van der Waals surface area contributed by atoms with Gasteiger partial charge in [0.1, 0.15) is 18.5 Å². The van der Waals surface area contributed by atoms with Gasteiger partial charge in [0.15, 0.2) is 0 Å². The Kier molecular flexibility index (Phi) is 5.85. The second-order valence-electron chi connectivity index (χ2n) is 6.02. The third kappa shape index (κ3) is 4.59. The Morgan fingerprint density at radius 2 is 2.04 bits per heavy atom. The van der Waals surface area contributed by atoms with E-state index in [1.54, 1.807) is 0 Å². The fourth-order valence-corrected chi connectivity index (χ4v) is 3.03. The normalized spacial score (nSPS) is 17.6. The average Bonchev–Trinajstić information content (AvgIpc) is 2.62. The minimum absolute atomic E-state index is 0.0549. The Bertz CT molecular complexity index is 801. The van der Waals surface area contributed by atoms with Gasteiger partial charge in [-0.25, -0.2) is 4.39 Å². The maximum atomic E-state index is 13.2. The Morgan fingerprint density at radius 1 is 1.27 bits per heavy atom. The van der Waals surface area contributed by atoms with E-state index in [4.69, 9.17) is 16.3 Å². The summed E-state index contributed by atoms with van der Waals surface area (Å²) >= 11 is 5.72. The summed E-state index contributed by atoms with van der Waals surface area (Å²) in [6.45, 7) is 1.41. The van der Waals surface area contributed by atoms with Crippen LogP contribution in [0.4, 0.5) is 10.1 Å². The molecule has 1 atom stereocenters. The number of rotatable bonds is 5. The molecule has 0 aromatic heterocycles. The molecular weight excluding hydrogens is 359 g/mol. The zero-order valence-corrected chi connectivity index (χ0v) is 14.7. The summed E-state index contributed by atoms with van der Waals surface area (Å²) in [5.74, 6) is -1.34. The minimum atomic E-state index is -0.667. The van der Waals surface area contributed by atoms with Gasteiger partial charge in [0.25, 0.3) is 0 Å². The zero-order valence-electron chi connectivity index (χ0n) is 14.0. The van der Waals surface area contributed by atoms with Crippen molar-refractivity contribution in [3.63, 3.8) is 0 Å². The Morgan fingerprint density at radius 3 is 2.77 bits per heavy atom. The highest BCUT2D eigenvalue weighted by molar-refractivity contribution is 6.31. The molecule has 1 heterocycles. The van der Waals surface area contributed by atoms with Crippen LogP contribution in [0.1, 0.15) is 12.0 Å². The second kappa shape index (κ2) is 8.29. The van der Waals surface area contributed by atoms with Crippen LogP contribution in [-0.4, -0.2) is 36.0 Å². The monoisotopic (exact) mass is 376 g/mol. The van der Waals surface area contributed by atoms with Gasteiger partial charge in [-0.3, -0.25) is 14.5 Å². The van der Waals surface area contributed by atoms with Crippen molar-refractivity contribution in [2.24, 2.45) is 0 Å². The lowest BCUT2D eigenvalue weighted by atomic mass is 10.1. The first kappa shape index (κ1) is 18.4. The fourth-order valence-electron chi connectivity index (χ4n) is 2.85. The summed E-state index contributed by atoms with van der Waals surface area (Å²) in [6.07, 6.45) is -0.0549. The lowest BCUT2D eigenvalue weighted by molar-refractivity contribution is -0.159. The topological polar surface area (TPSA) is 58.6 Å². The molecule has 1 N–H and O–H groups in total. The van der Waals surface area contributed by atoms with Crippen LogP contribution in [0.3, 0.4) is 0 Å². The molecule has 1 aliphatic rings. The van der Waals surface area contributed by atoms with Crippen molar-refractivity contribution in [3.8, 4) is 0 Å². The van der Waals surface area contributed by atoms with Gasteiger partial charge in [0.2, 0.25) is 5.91 Å². The van der Waals surface area contributed by atoms with Crippen molar-refractivity contribution in [1.29, 1.82) is 0 Å². The van der Waals surface area contributed by atoms with Crippen LogP contribution in [0.25, 0.3) is 0 Å². The largest absolute Gasteiger partial charge is 0.463 e. The van der Waals surface area contributed by atoms with E-state index < -0.39 is 17.8 Å². The van der Waals surface area contributed by atoms with Gasteiger partial charge in [-0.2, -0.15) is 0 Å². The predicted octanol–water partition coefficient (Wildman–Crippen LogP) is 3.24. The molecule has 2 aromatic carbocycles. The molecule has 1 amide bonds. The maximum absolute atomic E-state index is 13.2. The highest BCUT2D eigenvalue weighted by Crippen LogP contribution is 2.21. The quantitative estimate of drug-likeness (QED) is 0.814. The van der Waals surface area contributed by atoms with Gasteiger partial charge < -0.3 is 10.1 Å². The minimum Gasteiger partial charge on any atom is -0.463 e. The molecule has 136 valence electrons. The number of amides is 1. The van der Waals surface area contributed by atoms with Gasteiger partial charge in [-0.05, 0) is 23.8 Å². The molecule has 2 aromatic rings. The first-order chi connectivity index (χ1) is 12.5. The number of nitrogens with one attached hydrogen (secondary N) is 1. The number of benzene rings is 2. The van der Waals surface area contributed by atoms with Gasteiger partial charge in [-0.1, -0.05) is 41.9 Å². The molecule has 1 saturated heterocycles. The van der Waals surface area contributed by atoms with E-state index in [0.717, 1.165) is 5.56 Å². The molecular formula is C19H18ClFN2O3. The number of esters is 1. The summed E-state index contributed by atoms with van der Waals surface area (Å²) in [6, 6.07) is 13.0. The lowest BCUT2D eigenvalue weighted by Gasteiger charge is -2.33. The standard InChI is InChI=1S/C19H18ClFN2O3/c20-15-10-14(6-7-16(15)21)22-18(24)11-17-19(25)26-9-8-23(17)12-13-4-2-1-3-5-13/h1-7,10,17H,8-9,11-12H2,(H,22,24)/t17-/m0/s1. The van der Waals surface area contributed by atoms with E-state index in [2.05, 4.69) is 5.32 Å². The van der Waals surface area contributed by atoms with Crippen LogP contribution in [0.15, 0.2) is 48.5 Å². The summed E-state index contributed by atoms with van der Waals surface area (Å²) in [5.41, 5.74) is 1.43. The Balaban J connectivity index is 1.66. The van der Waals surface area contributed by atoms with Crippen molar-refractivity contribution in [2.75, 3.05) is 18.5 Å². The molecule has 0 bridgehead atoms. The third-order valence-electron chi connectivity index (χ3n) is 4.15. The number of morpholine rings is 1. The van der Waals surface area contributed by atoms with Gasteiger partial charge in [0, 0.05) is 18.8 Å². The summed E-state index contributed by atoms with van der Waals surface area (Å²) < 4.78 is 18.3. The van der Waals surface area contributed by atoms with Crippen molar-refractivity contribution < 1.29 is 18.7 Å². The molecule has 0 aliphatic carbocycles. The number of anilines is 1. The van der Waals surface area contributed by atoms with Crippen LogP contribution in [0.2, 0.25) is 5.02 Å². The van der Waals surface area contributed by atoms with E-state index in [9.17, 15) is 14.0 Å². The van der Waals surface area contributed by atoms with Crippen LogP contribution in [-0.2, 0) is 20.9 Å². The maximum Gasteiger partial charge on any atom is 0.323 e. The number of cyclic esters (lactones) is 1. The van der Waals surface area contributed by atoms with Crippen molar-refractivity contribution >= 4 is 29.2 Å². The molecule has 26 heavy (non-hydrogen) atoms. The summed E-state index contributed by atoms with van der Waals surface area (Å²) in [7, 11) is 0. The van der Waals surface area contributed by atoms with E-state index in [1.165, 1.54) is 18.2 Å². The van der Waals surface area contributed by atoms with Gasteiger partial charge in [-0.15, -0.1) is 0 Å². The van der Waals surface area contributed by atoms with Crippen LogP contribution in [0.5, 0.6) is 0 Å². The van der Waals surface area contributed by atoms with Crippen molar-refractivity contribution in [1.82, 2.24) is 4.90 Å². The molecule has 0 unspecified atom stereocenters. The number of ether oxygens (including phenoxy) is 1. The number of nitrogens with zero attached hydrogens (tertiary/aromatic N) is 1. The Labute approximate surface area is 155 Å². The number of halogens is 2. The molecule has 0 spiro atoms. The highest BCUT2D eigenvalue weighted by atomic mass is 35.5. The van der Waals surface area contributed by atoms with Gasteiger partial charge >= 0.3 is 5.97 Å². The first-order valence-electron chi connectivity index (χ1n) is 8.22. The fraction of sp³-hybridized carbons (Fsp3) is 0.263. The first-order valence-corrected chi connectivity index (χ1v) is 8.60. The third-order valence-corrected chi connectivity index (χ3v) is 4.44. The Hall–Kier alpha value is -2.44. The molecule has 1 fully saturated rings. The number of carbonyl (C=O) groups excluding carboxylic acids is 2. The number of carbonyl (C=O) groups is 2. The highest BCUT2D eigenvalue weighted by Gasteiger charge is 2.33. The molecule has 0 radical (unpaired) electrons. The SMILES string of the molecule is O=C(C[C@H]1C(=O)OCCN1Cc1ccccc1)Nc1ccc(F)c(Cl)c1. The van der Waals surface area contributed by atoms with Crippen LogP contribution < -0.4 is 5.32 Å². The number of hydrogen-bond acceptors (Lipinski definition) is 4. The van der Waals surface area contributed by atoms with Crippen LogP contribution in [0, 0.1) is 5.82 Å². The molecule has 3 rings (SSSR count). The van der Waals surface area contributed by atoms with E-state index in [1.807, 2.05) is 35.2 Å². The zero-order chi connectivity index (χ0) is 18.5. The van der Waals surface area contributed by atoms with Gasteiger partial charge in [0.05, 0.1) is 11.4 Å². The van der Waals surface area contributed by atoms with E-state index in [0.29, 0.717) is 25.4 Å². The summed E-state index contributed by atoms with van der Waals surface area (Å²) in [5, 5.41) is 2.56. The average molecular weight is 377 g/mol. The molecule has 0 saturated carbocycles. The second-order valence-corrected chi connectivity index (χ2v) is 6.43. The van der Waals surface area contributed by atoms with E-state index in [-0.39, 0.29) is 17.4 Å². The van der Waals surface area contributed by atoms with Crippen LogP contribution >= 0.6 is 11.6 Å². The molecule has 5 nitrogen and oxygen atoms in total. The lowest BCUT2D eigenvalue weighted by Crippen LogP contribution is -2.49. The van der Waals surface area contributed by atoms with Crippen molar-refractivity contribution in [3.05, 3.63) is 64.9 Å². The summed E-state index contributed by atoms with van der Waals surface area (Å²) in [4.78, 5) is 26.4. The smallest absolute Gasteiger partial charge is 0.323 e. The number of hydrogen-bond donors (Lipinski definition) is 1. The van der Waals surface area contributed by atoms with Crippen molar-refractivity contribution in [2.45, 2.75) is 19.0 Å². The van der Waals surface area contributed by atoms with E-state index >= 15 is 0 Å².